The van der Waals surface area contributed by atoms with Gasteiger partial charge in [0.25, 0.3) is 0 Å². The highest BCUT2D eigenvalue weighted by molar-refractivity contribution is 5.87. The molecule has 2 heterocycles. The maximum atomic E-state index is 4.57. The lowest BCUT2D eigenvalue weighted by Gasteiger charge is -2.06. The summed E-state index contributed by atoms with van der Waals surface area (Å²) in [6.45, 7) is 5.27. The van der Waals surface area contributed by atoms with E-state index in [2.05, 4.69) is 35.4 Å². The van der Waals surface area contributed by atoms with Gasteiger partial charge in [-0.25, -0.2) is 0 Å². The highest BCUT2D eigenvalue weighted by Gasteiger charge is 2.12. The van der Waals surface area contributed by atoms with Crippen molar-refractivity contribution < 1.29 is 0 Å². The lowest BCUT2D eigenvalue weighted by molar-refractivity contribution is 1.11. The van der Waals surface area contributed by atoms with Gasteiger partial charge in [0.2, 0.25) is 0 Å². The van der Waals surface area contributed by atoms with Crippen molar-refractivity contribution in [3.63, 3.8) is 0 Å². The van der Waals surface area contributed by atoms with Crippen LogP contribution in [0.3, 0.4) is 0 Å². The molecule has 3 rings (SSSR count). The number of nitrogens with zero attached hydrogens (tertiary/aromatic N) is 1. The minimum Gasteiger partial charge on any atom is -0.384 e. The Hall–Kier alpha value is -1.57. The smallest absolute Gasteiger partial charge is 0.0728 e. The van der Waals surface area contributed by atoms with Gasteiger partial charge in [0.1, 0.15) is 0 Å². The van der Waals surface area contributed by atoms with Gasteiger partial charge < -0.3 is 5.32 Å². The summed E-state index contributed by atoms with van der Waals surface area (Å²) in [5.41, 5.74) is 6.22. The Morgan fingerprint density at radius 3 is 2.93 bits per heavy atom. The first-order valence-corrected chi connectivity index (χ1v) is 5.39. The first kappa shape index (κ1) is 8.72. The lowest BCUT2D eigenvalue weighted by Crippen LogP contribution is -1.91. The number of hydrogen-bond acceptors (Lipinski definition) is 2. The molecule has 15 heavy (non-hydrogen) atoms. The third kappa shape index (κ3) is 1.29. The molecule has 0 saturated heterocycles. The second kappa shape index (κ2) is 2.96. The monoisotopic (exact) mass is 198 g/mol. The minimum absolute atomic E-state index is 1.06. The minimum atomic E-state index is 1.06. The van der Waals surface area contributed by atoms with E-state index in [-0.39, 0.29) is 0 Å². The molecule has 0 saturated carbocycles. The summed E-state index contributed by atoms with van der Waals surface area (Å²) in [4.78, 5) is 4.57. The van der Waals surface area contributed by atoms with Crippen LogP contribution >= 0.6 is 0 Å². The fraction of sp³-hybridized carbons (Fsp3) is 0.308. The number of benzene rings is 1. The molecule has 0 atom stereocenters. The average Bonchev–Trinajstić information content (AvgIpc) is 2.61. The van der Waals surface area contributed by atoms with Crippen LogP contribution in [-0.4, -0.2) is 11.5 Å². The fourth-order valence-electron chi connectivity index (χ4n) is 2.36. The van der Waals surface area contributed by atoms with Crippen LogP contribution in [0.2, 0.25) is 0 Å². The van der Waals surface area contributed by atoms with Crippen LogP contribution in [0.5, 0.6) is 0 Å². The molecule has 1 aliphatic rings. The molecule has 1 N–H and O–H groups in total. The molecular weight excluding hydrogens is 184 g/mol. The van der Waals surface area contributed by atoms with Crippen LogP contribution < -0.4 is 5.32 Å². The van der Waals surface area contributed by atoms with E-state index in [4.69, 9.17) is 0 Å². The lowest BCUT2D eigenvalue weighted by atomic mass is 10.0. The van der Waals surface area contributed by atoms with Gasteiger partial charge in [-0.3, -0.25) is 4.98 Å². The number of hydrogen-bond donors (Lipinski definition) is 1. The Morgan fingerprint density at radius 2 is 2.07 bits per heavy atom. The van der Waals surface area contributed by atoms with E-state index >= 15 is 0 Å². The van der Waals surface area contributed by atoms with Crippen molar-refractivity contribution >= 4 is 16.6 Å². The van der Waals surface area contributed by atoms with Gasteiger partial charge in [-0.05, 0) is 49.6 Å². The molecule has 2 heteroatoms. The SMILES string of the molecule is Cc1cc(C)c2cc3c(cc2n1)NCC3. The zero-order valence-corrected chi connectivity index (χ0v) is 9.09. The quantitative estimate of drug-likeness (QED) is 0.704. The van der Waals surface area contributed by atoms with Gasteiger partial charge in [0.15, 0.2) is 0 Å². The summed E-state index contributed by atoms with van der Waals surface area (Å²) in [7, 11) is 0. The van der Waals surface area contributed by atoms with Crippen LogP contribution in [0.25, 0.3) is 10.9 Å². The van der Waals surface area contributed by atoms with Crippen molar-refractivity contribution in [2.24, 2.45) is 0 Å². The van der Waals surface area contributed by atoms with Crippen LogP contribution in [-0.2, 0) is 6.42 Å². The summed E-state index contributed by atoms with van der Waals surface area (Å²) in [5, 5.41) is 4.69. The molecule has 0 amide bonds. The highest BCUT2D eigenvalue weighted by Crippen LogP contribution is 2.28. The van der Waals surface area contributed by atoms with Gasteiger partial charge in [0.05, 0.1) is 5.52 Å². The van der Waals surface area contributed by atoms with Crippen molar-refractivity contribution in [1.29, 1.82) is 0 Å². The van der Waals surface area contributed by atoms with Crippen molar-refractivity contribution in [1.82, 2.24) is 4.98 Å². The average molecular weight is 198 g/mol. The Morgan fingerprint density at radius 1 is 1.20 bits per heavy atom. The number of pyridine rings is 1. The van der Waals surface area contributed by atoms with Crippen LogP contribution in [0.1, 0.15) is 16.8 Å². The number of anilines is 1. The molecule has 0 spiro atoms. The molecule has 0 bridgehead atoms. The highest BCUT2D eigenvalue weighted by atomic mass is 14.9. The Kier molecular flexibility index (Phi) is 1.72. The summed E-state index contributed by atoms with van der Waals surface area (Å²) < 4.78 is 0. The molecule has 0 unspecified atom stereocenters. The predicted molar refractivity (Wildman–Crippen MR) is 63.4 cm³/mol. The summed E-state index contributed by atoms with van der Waals surface area (Å²) in [6, 6.07) is 6.61. The number of aromatic nitrogens is 1. The molecule has 0 fully saturated rings. The van der Waals surface area contributed by atoms with Gasteiger partial charge in [-0.1, -0.05) is 0 Å². The molecule has 1 aliphatic heterocycles. The third-order valence-corrected chi connectivity index (χ3v) is 3.08. The van der Waals surface area contributed by atoms with Crippen molar-refractivity contribution in [3.8, 4) is 0 Å². The fourth-order valence-corrected chi connectivity index (χ4v) is 2.36. The molecule has 2 aromatic rings. The van der Waals surface area contributed by atoms with Crippen LogP contribution in [0.4, 0.5) is 5.69 Å². The summed E-state index contributed by atoms with van der Waals surface area (Å²) in [5.74, 6) is 0. The van der Waals surface area contributed by atoms with E-state index in [1.54, 1.807) is 0 Å². The van der Waals surface area contributed by atoms with E-state index in [1.807, 2.05) is 6.92 Å². The van der Waals surface area contributed by atoms with E-state index < -0.39 is 0 Å². The van der Waals surface area contributed by atoms with Crippen molar-refractivity contribution in [3.05, 3.63) is 35.0 Å². The van der Waals surface area contributed by atoms with Crippen molar-refractivity contribution in [2.45, 2.75) is 20.3 Å². The van der Waals surface area contributed by atoms with E-state index in [0.717, 1.165) is 24.2 Å². The third-order valence-electron chi connectivity index (χ3n) is 3.08. The number of rotatable bonds is 0. The Balaban J connectivity index is 2.38. The van der Waals surface area contributed by atoms with Crippen LogP contribution in [0, 0.1) is 13.8 Å². The van der Waals surface area contributed by atoms with Crippen molar-refractivity contribution in [2.75, 3.05) is 11.9 Å². The summed E-state index contributed by atoms with van der Waals surface area (Å²) >= 11 is 0. The van der Waals surface area contributed by atoms with Gasteiger partial charge in [-0.15, -0.1) is 0 Å². The Bertz CT molecular complexity index is 544. The maximum Gasteiger partial charge on any atom is 0.0728 e. The van der Waals surface area contributed by atoms with Gasteiger partial charge in [-0.2, -0.15) is 0 Å². The van der Waals surface area contributed by atoms with Gasteiger partial charge in [0, 0.05) is 23.3 Å². The van der Waals surface area contributed by atoms with E-state index in [1.165, 1.54) is 22.2 Å². The number of aryl methyl sites for hydroxylation is 2. The molecule has 2 nitrogen and oxygen atoms in total. The van der Waals surface area contributed by atoms with E-state index in [0.29, 0.717) is 0 Å². The maximum absolute atomic E-state index is 4.57. The second-order valence-corrected chi connectivity index (χ2v) is 4.28. The van der Waals surface area contributed by atoms with E-state index in [9.17, 15) is 0 Å². The number of fused-ring (bicyclic) bond motifs is 2. The predicted octanol–water partition coefficient (Wildman–Crippen LogP) is 2.82. The topological polar surface area (TPSA) is 24.9 Å². The zero-order chi connectivity index (χ0) is 10.4. The standard InChI is InChI=1S/C13H14N2/c1-8-5-9(2)15-13-7-12-10(3-4-14-12)6-11(8)13/h5-7,14H,3-4H2,1-2H3. The molecule has 1 aromatic heterocycles. The second-order valence-electron chi connectivity index (χ2n) is 4.28. The largest absolute Gasteiger partial charge is 0.384 e. The van der Waals surface area contributed by atoms with Gasteiger partial charge >= 0.3 is 0 Å². The zero-order valence-electron chi connectivity index (χ0n) is 9.09. The Labute approximate surface area is 89.3 Å². The molecule has 0 radical (unpaired) electrons. The number of nitrogens with one attached hydrogen (secondary N) is 1. The van der Waals surface area contributed by atoms with Crippen LogP contribution in [0.15, 0.2) is 18.2 Å². The first-order chi connectivity index (χ1) is 7.24. The molecular formula is C13H14N2. The molecule has 76 valence electrons. The normalized spacial score (nSPS) is 14.0. The molecule has 1 aromatic carbocycles. The first-order valence-electron chi connectivity index (χ1n) is 5.39. The molecule has 0 aliphatic carbocycles. The summed E-state index contributed by atoms with van der Waals surface area (Å²) in [6.07, 6.45) is 1.14.